The van der Waals surface area contributed by atoms with Crippen molar-refractivity contribution in [1.82, 2.24) is 4.90 Å². The number of aryl methyl sites for hydroxylation is 2. The number of piperidine rings is 1. The fraction of sp³-hybridized carbons (Fsp3) is 0.364. The fourth-order valence-corrected chi connectivity index (χ4v) is 3.83. The molecular weight excluding hydrogens is 397 g/mol. The van der Waals surface area contributed by atoms with Crippen molar-refractivity contribution in [2.24, 2.45) is 5.92 Å². The smallest absolute Gasteiger partial charge is 0.260 e. The number of hydrogen-bond acceptors (Lipinski definition) is 3. The molecule has 1 aliphatic rings. The van der Waals surface area contributed by atoms with Crippen LogP contribution in [0.2, 0.25) is 10.0 Å². The number of ketones is 1. The van der Waals surface area contributed by atoms with Gasteiger partial charge in [0.2, 0.25) is 0 Å². The van der Waals surface area contributed by atoms with E-state index in [1.165, 1.54) is 0 Å². The maximum Gasteiger partial charge on any atom is 0.260 e. The minimum Gasteiger partial charge on any atom is -0.483 e. The van der Waals surface area contributed by atoms with Crippen molar-refractivity contribution in [2.45, 2.75) is 26.7 Å². The van der Waals surface area contributed by atoms with Crippen molar-refractivity contribution < 1.29 is 14.3 Å². The van der Waals surface area contributed by atoms with Crippen LogP contribution in [0.1, 0.15) is 34.3 Å². The Bertz CT molecular complexity index is 869. The van der Waals surface area contributed by atoms with E-state index in [0.717, 1.165) is 16.9 Å². The van der Waals surface area contributed by atoms with Gasteiger partial charge >= 0.3 is 0 Å². The second-order valence-corrected chi connectivity index (χ2v) is 7.97. The first-order chi connectivity index (χ1) is 13.4. The minimum absolute atomic E-state index is 0.0110. The van der Waals surface area contributed by atoms with Gasteiger partial charge in [-0.1, -0.05) is 41.4 Å². The molecule has 0 spiro atoms. The molecule has 3 rings (SSSR count). The number of rotatable bonds is 5. The summed E-state index contributed by atoms with van der Waals surface area (Å²) in [5.74, 6) is 0.655. The third-order valence-electron chi connectivity index (χ3n) is 5.17. The molecule has 4 nitrogen and oxygen atoms in total. The van der Waals surface area contributed by atoms with E-state index in [-0.39, 0.29) is 24.2 Å². The molecule has 0 N–H and O–H groups in total. The highest BCUT2D eigenvalue weighted by molar-refractivity contribution is 6.42. The second-order valence-electron chi connectivity index (χ2n) is 7.16. The van der Waals surface area contributed by atoms with E-state index in [4.69, 9.17) is 27.9 Å². The monoisotopic (exact) mass is 419 g/mol. The summed E-state index contributed by atoms with van der Waals surface area (Å²) in [6.45, 7) is 5.04. The number of hydrogen-bond donors (Lipinski definition) is 0. The average Bonchev–Trinajstić information content (AvgIpc) is 2.69. The lowest BCUT2D eigenvalue weighted by Gasteiger charge is -2.31. The lowest BCUT2D eigenvalue weighted by Crippen LogP contribution is -2.42. The van der Waals surface area contributed by atoms with Crippen LogP contribution in [0, 0.1) is 19.8 Å². The minimum atomic E-state index is -0.110. The molecule has 2 aromatic rings. The molecule has 0 atom stereocenters. The average molecular weight is 420 g/mol. The Labute approximate surface area is 175 Å². The molecule has 0 saturated carbocycles. The zero-order valence-corrected chi connectivity index (χ0v) is 17.5. The molecule has 6 heteroatoms. The predicted octanol–water partition coefficient (Wildman–Crippen LogP) is 5.11. The van der Waals surface area contributed by atoms with Crippen LogP contribution < -0.4 is 4.74 Å². The zero-order valence-electron chi connectivity index (χ0n) is 16.0. The Hall–Kier alpha value is -2.04. The Morgan fingerprint density at radius 1 is 1.04 bits per heavy atom. The van der Waals surface area contributed by atoms with Gasteiger partial charge in [-0.3, -0.25) is 9.59 Å². The van der Waals surface area contributed by atoms with Crippen LogP contribution in [0.5, 0.6) is 5.75 Å². The molecule has 1 amide bonds. The van der Waals surface area contributed by atoms with Crippen molar-refractivity contribution in [1.29, 1.82) is 0 Å². The molecule has 0 unspecified atom stereocenters. The molecule has 1 fully saturated rings. The molecule has 1 aliphatic heterocycles. The SMILES string of the molecule is Cc1cccc(C)c1OCC(=O)N1CCC(C(=O)c2ccc(Cl)c(Cl)c2)CC1. The topological polar surface area (TPSA) is 46.6 Å². The summed E-state index contributed by atoms with van der Waals surface area (Å²) < 4.78 is 5.77. The number of amides is 1. The van der Waals surface area contributed by atoms with Gasteiger partial charge in [0, 0.05) is 24.6 Å². The number of ether oxygens (including phenoxy) is 1. The highest BCUT2D eigenvalue weighted by Crippen LogP contribution is 2.27. The van der Waals surface area contributed by atoms with Gasteiger partial charge in [-0.05, 0) is 56.0 Å². The summed E-state index contributed by atoms with van der Waals surface area (Å²) >= 11 is 11.9. The Kier molecular flexibility index (Phi) is 6.63. The standard InChI is InChI=1S/C22H23Cl2NO3/c1-14-4-3-5-15(2)22(14)28-13-20(26)25-10-8-16(9-11-25)21(27)17-6-7-18(23)19(24)12-17/h3-7,12,16H,8-11,13H2,1-2H3. The summed E-state index contributed by atoms with van der Waals surface area (Å²) in [7, 11) is 0. The van der Waals surface area contributed by atoms with E-state index in [1.807, 2.05) is 32.0 Å². The summed E-state index contributed by atoms with van der Waals surface area (Å²) in [4.78, 5) is 27.0. The Morgan fingerprint density at radius 3 is 2.29 bits per heavy atom. The molecular formula is C22H23Cl2NO3. The quantitative estimate of drug-likeness (QED) is 0.632. The first kappa shape index (κ1) is 20.7. The van der Waals surface area contributed by atoms with Gasteiger partial charge in [0.05, 0.1) is 10.0 Å². The summed E-state index contributed by atoms with van der Waals surface area (Å²) in [6.07, 6.45) is 1.27. The Balaban J connectivity index is 1.53. The fourth-order valence-electron chi connectivity index (χ4n) is 3.53. The second kappa shape index (κ2) is 8.97. The molecule has 1 heterocycles. The van der Waals surface area contributed by atoms with Crippen LogP contribution in [-0.4, -0.2) is 36.3 Å². The van der Waals surface area contributed by atoms with Crippen LogP contribution in [0.3, 0.4) is 0 Å². The van der Waals surface area contributed by atoms with Crippen LogP contribution in [0.15, 0.2) is 36.4 Å². The van der Waals surface area contributed by atoms with Crippen LogP contribution in [-0.2, 0) is 4.79 Å². The number of carbonyl (C=O) groups excluding carboxylic acids is 2. The number of halogens is 2. The lowest BCUT2D eigenvalue weighted by atomic mass is 9.89. The van der Waals surface area contributed by atoms with E-state index in [0.29, 0.717) is 41.5 Å². The first-order valence-electron chi connectivity index (χ1n) is 9.33. The molecule has 148 valence electrons. The number of carbonyl (C=O) groups is 2. The molecule has 1 saturated heterocycles. The predicted molar refractivity (Wildman–Crippen MR) is 112 cm³/mol. The van der Waals surface area contributed by atoms with Crippen molar-refractivity contribution in [2.75, 3.05) is 19.7 Å². The number of likely N-dealkylation sites (tertiary alicyclic amines) is 1. The molecule has 0 bridgehead atoms. The summed E-state index contributed by atoms with van der Waals surface area (Å²) in [5.41, 5.74) is 2.59. The van der Waals surface area contributed by atoms with Crippen LogP contribution >= 0.6 is 23.2 Å². The van der Waals surface area contributed by atoms with E-state index in [2.05, 4.69) is 0 Å². The molecule has 0 radical (unpaired) electrons. The van der Waals surface area contributed by atoms with Gasteiger partial charge in [-0.25, -0.2) is 0 Å². The highest BCUT2D eigenvalue weighted by atomic mass is 35.5. The van der Waals surface area contributed by atoms with Crippen LogP contribution in [0.25, 0.3) is 0 Å². The number of para-hydroxylation sites is 1. The third-order valence-corrected chi connectivity index (χ3v) is 5.91. The zero-order chi connectivity index (χ0) is 20.3. The van der Waals surface area contributed by atoms with Gasteiger partial charge in [-0.15, -0.1) is 0 Å². The highest BCUT2D eigenvalue weighted by Gasteiger charge is 2.28. The maximum atomic E-state index is 12.7. The van der Waals surface area contributed by atoms with Crippen molar-refractivity contribution >= 4 is 34.9 Å². The van der Waals surface area contributed by atoms with E-state index < -0.39 is 0 Å². The van der Waals surface area contributed by atoms with Gasteiger partial charge < -0.3 is 9.64 Å². The van der Waals surface area contributed by atoms with Gasteiger partial charge in [0.15, 0.2) is 12.4 Å². The van der Waals surface area contributed by atoms with E-state index in [9.17, 15) is 9.59 Å². The molecule has 0 aromatic heterocycles. The molecule has 0 aliphatic carbocycles. The maximum absolute atomic E-state index is 12.7. The first-order valence-corrected chi connectivity index (χ1v) is 10.1. The van der Waals surface area contributed by atoms with Gasteiger partial charge in [0.25, 0.3) is 5.91 Å². The third kappa shape index (κ3) is 4.68. The number of nitrogens with zero attached hydrogens (tertiary/aromatic N) is 1. The molecule has 2 aromatic carbocycles. The number of benzene rings is 2. The van der Waals surface area contributed by atoms with Crippen LogP contribution in [0.4, 0.5) is 0 Å². The van der Waals surface area contributed by atoms with Gasteiger partial charge in [0.1, 0.15) is 5.75 Å². The lowest BCUT2D eigenvalue weighted by molar-refractivity contribution is -0.134. The summed E-state index contributed by atoms with van der Waals surface area (Å²) in [6, 6.07) is 10.9. The Morgan fingerprint density at radius 2 is 1.68 bits per heavy atom. The van der Waals surface area contributed by atoms with Crippen molar-refractivity contribution in [3.8, 4) is 5.75 Å². The van der Waals surface area contributed by atoms with Crippen molar-refractivity contribution in [3.63, 3.8) is 0 Å². The normalized spacial score (nSPS) is 14.8. The van der Waals surface area contributed by atoms with E-state index >= 15 is 0 Å². The van der Waals surface area contributed by atoms with Gasteiger partial charge in [-0.2, -0.15) is 0 Å². The largest absolute Gasteiger partial charge is 0.483 e. The van der Waals surface area contributed by atoms with Crippen molar-refractivity contribution in [3.05, 3.63) is 63.1 Å². The van der Waals surface area contributed by atoms with E-state index in [1.54, 1.807) is 23.1 Å². The summed E-state index contributed by atoms with van der Waals surface area (Å²) in [5, 5.41) is 0.811. The molecule has 28 heavy (non-hydrogen) atoms. The number of Topliss-reactive ketones (excluding diaryl/α,β-unsaturated/α-hetero) is 1.